The van der Waals surface area contributed by atoms with Gasteiger partial charge >= 0.3 is 0 Å². The number of anilines is 2. The molecule has 0 amide bonds. The summed E-state index contributed by atoms with van der Waals surface area (Å²) in [4.78, 5) is 16.6. The van der Waals surface area contributed by atoms with Crippen molar-refractivity contribution >= 4 is 29.1 Å². The summed E-state index contributed by atoms with van der Waals surface area (Å²) in [6.45, 7) is 5.97. The van der Waals surface area contributed by atoms with E-state index in [1.165, 1.54) is 12.1 Å². The van der Waals surface area contributed by atoms with E-state index >= 15 is 0 Å². The molecule has 0 spiro atoms. The molecule has 1 fully saturated rings. The molecule has 7 heteroatoms. The highest BCUT2D eigenvalue weighted by molar-refractivity contribution is 8.00. The molecule has 2 rings (SSSR count). The Morgan fingerprint density at radius 1 is 1.44 bits per heavy atom. The first-order valence-electron chi connectivity index (χ1n) is 5.78. The monoisotopic (exact) mass is 268 g/mol. The maximum atomic E-state index is 10.8. The first kappa shape index (κ1) is 12.9. The van der Waals surface area contributed by atoms with E-state index < -0.39 is 4.92 Å². The lowest BCUT2D eigenvalue weighted by molar-refractivity contribution is -0.384. The van der Waals surface area contributed by atoms with Crippen LogP contribution in [-0.2, 0) is 0 Å². The van der Waals surface area contributed by atoms with E-state index in [-0.39, 0.29) is 11.5 Å². The molecule has 1 aromatic heterocycles. The van der Waals surface area contributed by atoms with E-state index in [0.29, 0.717) is 16.3 Å². The van der Waals surface area contributed by atoms with Gasteiger partial charge in [0.25, 0.3) is 5.69 Å². The third kappa shape index (κ3) is 2.84. The number of hydrogen-bond acceptors (Lipinski definition) is 6. The molecule has 1 saturated heterocycles. The minimum absolute atomic E-state index is 0.00367. The van der Waals surface area contributed by atoms with Gasteiger partial charge in [-0.2, -0.15) is 11.8 Å². The van der Waals surface area contributed by atoms with Gasteiger partial charge in [-0.25, -0.2) is 4.98 Å². The lowest BCUT2D eigenvalue weighted by Gasteiger charge is -2.35. The van der Waals surface area contributed by atoms with Crippen molar-refractivity contribution < 1.29 is 4.92 Å². The predicted molar refractivity (Wildman–Crippen MR) is 74.0 cm³/mol. The lowest BCUT2D eigenvalue weighted by atomic mass is 10.3. The minimum Gasteiger partial charge on any atom is -0.383 e. The topological polar surface area (TPSA) is 85.3 Å². The normalized spacial score (nSPS) is 24.0. The third-order valence-electron chi connectivity index (χ3n) is 2.77. The molecule has 2 unspecified atom stereocenters. The van der Waals surface area contributed by atoms with Crippen molar-refractivity contribution in [3.63, 3.8) is 0 Å². The zero-order chi connectivity index (χ0) is 13.3. The van der Waals surface area contributed by atoms with Gasteiger partial charge in [0, 0.05) is 23.6 Å². The summed E-state index contributed by atoms with van der Waals surface area (Å²) in [6, 6.07) is 2.78. The highest BCUT2D eigenvalue weighted by Crippen LogP contribution is 2.29. The van der Waals surface area contributed by atoms with E-state index in [4.69, 9.17) is 5.73 Å². The van der Waals surface area contributed by atoms with Crippen LogP contribution in [0.3, 0.4) is 0 Å². The molecular weight excluding hydrogens is 252 g/mol. The highest BCUT2D eigenvalue weighted by Gasteiger charge is 2.24. The first-order valence-corrected chi connectivity index (χ1v) is 6.72. The SMILES string of the molecule is CC1CN(c2cc([N+](=O)[O-])cc(N)n2)CC(C)S1. The smallest absolute Gasteiger partial charge is 0.276 e. The maximum Gasteiger partial charge on any atom is 0.276 e. The maximum absolute atomic E-state index is 10.8. The van der Waals surface area contributed by atoms with Gasteiger partial charge in [0.2, 0.25) is 0 Å². The van der Waals surface area contributed by atoms with Crippen molar-refractivity contribution in [2.75, 3.05) is 23.7 Å². The van der Waals surface area contributed by atoms with Crippen LogP contribution in [0.25, 0.3) is 0 Å². The van der Waals surface area contributed by atoms with Gasteiger partial charge in [-0.15, -0.1) is 0 Å². The molecule has 0 aromatic carbocycles. The van der Waals surface area contributed by atoms with Crippen LogP contribution in [0, 0.1) is 10.1 Å². The number of pyridine rings is 1. The summed E-state index contributed by atoms with van der Waals surface area (Å²) >= 11 is 1.92. The van der Waals surface area contributed by atoms with Gasteiger partial charge in [-0.1, -0.05) is 13.8 Å². The van der Waals surface area contributed by atoms with Crippen molar-refractivity contribution in [3.05, 3.63) is 22.2 Å². The van der Waals surface area contributed by atoms with Gasteiger partial charge < -0.3 is 10.6 Å². The molecule has 1 aliphatic rings. The van der Waals surface area contributed by atoms with E-state index in [1.807, 2.05) is 11.8 Å². The number of nitrogen functional groups attached to an aromatic ring is 1. The van der Waals surface area contributed by atoms with Crippen LogP contribution in [0.4, 0.5) is 17.3 Å². The Kier molecular flexibility index (Phi) is 3.60. The van der Waals surface area contributed by atoms with E-state index in [0.717, 1.165) is 13.1 Å². The summed E-state index contributed by atoms with van der Waals surface area (Å²) in [5.74, 6) is 0.790. The van der Waals surface area contributed by atoms with Crippen molar-refractivity contribution in [1.82, 2.24) is 4.98 Å². The molecule has 2 N–H and O–H groups in total. The molecule has 2 atom stereocenters. The average molecular weight is 268 g/mol. The van der Waals surface area contributed by atoms with Crippen molar-refractivity contribution in [1.29, 1.82) is 0 Å². The van der Waals surface area contributed by atoms with Crippen LogP contribution in [0.5, 0.6) is 0 Å². The molecule has 1 aromatic rings. The molecule has 0 radical (unpaired) electrons. The van der Waals surface area contributed by atoms with Gasteiger partial charge in [-0.3, -0.25) is 10.1 Å². The Bertz CT molecular complexity index is 458. The highest BCUT2D eigenvalue weighted by atomic mass is 32.2. The van der Waals surface area contributed by atoms with Crippen molar-refractivity contribution in [2.45, 2.75) is 24.3 Å². The fraction of sp³-hybridized carbons (Fsp3) is 0.545. The number of rotatable bonds is 2. The first-order chi connectivity index (χ1) is 8.45. The number of nitrogens with two attached hydrogens (primary N) is 1. The molecule has 1 aliphatic heterocycles. The number of nitro groups is 1. The van der Waals surface area contributed by atoms with Crippen molar-refractivity contribution in [2.24, 2.45) is 0 Å². The Morgan fingerprint density at radius 3 is 2.61 bits per heavy atom. The van der Waals surface area contributed by atoms with Crippen LogP contribution in [0.2, 0.25) is 0 Å². The largest absolute Gasteiger partial charge is 0.383 e. The molecular formula is C11H16N4O2S. The van der Waals surface area contributed by atoms with Gasteiger partial charge in [-0.05, 0) is 0 Å². The molecule has 0 bridgehead atoms. The standard InChI is InChI=1S/C11H16N4O2S/c1-7-5-14(6-8(2)18-7)11-4-9(15(16)17)3-10(12)13-11/h3-4,7-8H,5-6H2,1-2H3,(H2,12,13). The molecule has 0 aliphatic carbocycles. The lowest BCUT2D eigenvalue weighted by Crippen LogP contribution is -2.40. The number of thioether (sulfide) groups is 1. The van der Waals surface area contributed by atoms with Crippen LogP contribution in [-0.4, -0.2) is 33.5 Å². The second kappa shape index (κ2) is 5.01. The molecule has 6 nitrogen and oxygen atoms in total. The number of aromatic nitrogens is 1. The quantitative estimate of drug-likeness (QED) is 0.651. The number of nitrogens with zero attached hydrogens (tertiary/aromatic N) is 3. The van der Waals surface area contributed by atoms with Crippen LogP contribution >= 0.6 is 11.8 Å². The summed E-state index contributed by atoms with van der Waals surface area (Å²) in [7, 11) is 0. The van der Waals surface area contributed by atoms with Crippen LogP contribution in [0.1, 0.15) is 13.8 Å². The Morgan fingerprint density at radius 2 is 2.06 bits per heavy atom. The van der Waals surface area contributed by atoms with Crippen LogP contribution in [0.15, 0.2) is 12.1 Å². The summed E-state index contributed by atoms with van der Waals surface area (Å²) < 4.78 is 0. The summed E-state index contributed by atoms with van der Waals surface area (Å²) in [5.41, 5.74) is 5.62. The average Bonchev–Trinajstić information content (AvgIpc) is 2.26. The molecule has 0 saturated carbocycles. The fourth-order valence-electron chi connectivity index (χ4n) is 2.15. The Balaban J connectivity index is 2.29. The second-order valence-corrected chi connectivity index (χ2v) is 6.41. The predicted octanol–water partition coefficient (Wildman–Crippen LogP) is 1.90. The van der Waals surface area contributed by atoms with Crippen molar-refractivity contribution in [3.8, 4) is 0 Å². The number of hydrogen-bond donors (Lipinski definition) is 1. The molecule has 2 heterocycles. The van der Waals surface area contributed by atoms with Crippen LogP contribution < -0.4 is 10.6 Å². The summed E-state index contributed by atoms with van der Waals surface area (Å²) in [5, 5.41) is 11.8. The Labute approximate surface area is 110 Å². The van der Waals surface area contributed by atoms with Gasteiger partial charge in [0.1, 0.15) is 11.6 Å². The zero-order valence-electron chi connectivity index (χ0n) is 10.4. The van der Waals surface area contributed by atoms with E-state index in [2.05, 4.69) is 23.7 Å². The second-order valence-electron chi connectivity index (χ2n) is 4.53. The zero-order valence-corrected chi connectivity index (χ0v) is 11.2. The van der Waals surface area contributed by atoms with E-state index in [9.17, 15) is 10.1 Å². The molecule has 98 valence electrons. The third-order valence-corrected chi connectivity index (χ3v) is 4.00. The minimum atomic E-state index is -0.437. The van der Waals surface area contributed by atoms with Gasteiger partial charge in [0.15, 0.2) is 0 Å². The Hall–Kier alpha value is -1.50. The fourth-order valence-corrected chi connectivity index (χ4v) is 3.48. The van der Waals surface area contributed by atoms with Gasteiger partial charge in [0.05, 0.1) is 17.1 Å². The van der Waals surface area contributed by atoms with E-state index in [1.54, 1.807) is 0 Å². The summed E-state index contributed by atoms with van der Waals surface area (Å²) in [6.07, 6.45) is 0. The molecule has 18 heavy (non-hydrogen) atoms.